The highest BCUT2D eigenvalue weighted by atomic mass is 15.1. The van der Waals surface area contributed by atoms with Crippen molar-refractivity contribution in [3.8, 4) is 0 Å². The predicted molar refractivity (Wildman–Crippen MR) is 95.3 cm³/mol. The van der Waals surface area contributed by atoms with Gasteiger partial charge in [-0.25, -0.2) is 15.0 Å². The van der Waals surface area contributed by atoms with E-state index in [1.54, 1.807) is 6.33 Å². The summed E-state index contributed by atoms with van der Waals surface area (Å²) in [5.41, 5.74) is 13.7. The second-order valence-corrected chi connectivity index (χ2v) is 6.64. The van der Waals surface area contributed by atoms with Gasteiger partial charge in [0.1, 0.15) is 23.6 Å². The highest BCUT2D eigenvalue weighted by molar-refractivity contribution is 5.86. The minimum Gasteiger partial charge on any atom is -0.384 e. The molecule has 3 heterocycles. The summed E-state index contributed by atoms with van der Waals surface area (Å²) in [7, 11) is 0. The van der Waals surface area contributed by atoms with Crippen LogP contribution in [0.2, 0.25) is 0 Å². The van der Waals surface area contributed by atoms with Gasteiger partial charge in [-0.3, -0.25) is 0 Å². The van der Waals surface area contributed by atoms with E-state index in [1.807, 2.05) is 18.2 Å². The van der Waals surface area contributed by atoms with Crippen LogP contribution in [0.4, 0.5) is 11.6 Å². The van der Waals surface area contributed by atoms with E-state index in [9.17, 15) is 0 Å². The monoisotopic (exact) mass is 322 g/mol. The van der Waals surface area contributed by atoms with Crippen LogP contribution in [0.25, 0.3) is 11.0 Å². The number of aryl methyl sites for hydroxylation is 1. The summed E-state index contributed by atoms with van der Waals surface area (Å²) in [5.74, 6) is 1.88. The molecule has 124 valence electrons. The van der Waals surface area contributed by atoms with Gasteiger partial charge >= 0.3 is 0 Å². The molecule has 2 unspecified atom stereocenters. The SMILES string of the molecule is Nc1cccc(CCC2CCC(n3ccc4c(N)ncnc43)C2)n1. The van der Waals surface area contributed by atoms with Crippen molar-refractivity contribution in [1.82, 2.24) is 19.5 Å². The summed E-state index contributed by atoms with van der Waals surface area (Å²) >= 11 is 0. The van der Waals surface area contributed by atoms with Crippen LogP contribution in [0.5, 0.6) is 0 Å². The number of hydrogen-bond acceptors (Lipinski definition) is 5. The molecule has 0 amide bonds. The largest absolute Gasteiger partial charge is 0.384 e. The lowest BCUT2D eigenvalue weighted by molar-refractivity contribution is 0.459. The summed E-state index contributed by atoms with van der Waals surface area (Å²) in [4.78, 5) is 12.9. The average molecular weight is 322 g/mol. The van der Waals surface area contributed by atoms with Gasteiger partial charge in [0.15, 0.2) is 0 Å². The van der Waals surface area contributed by atoms with E-state index in [-0.39, 0.29) is 0 Å². The molecule has 1 fully saturated rings. The van der Waals surface area contributed by atoms with Crippen molar-refractivity contribution in [2.75, 3.05) is 11.5 Å². The fourth-order valence-electron chi connectivity index (χ4n) is 3.84. The highest BCUT2D eigenvalue weighted by Crippen LogP contribution is 2.38. The Labute approximate surface area is 140 Å². The molecule has 1 saturated carbocycles. The third kappa shape index (κ3) is 2.79. The summed E-state index contributed by atoms with van der Waals surface area (Å²) in [5, 5.41) is 0.949. The molecular weight excluding hydrogens is 300 g/mol. The maximum atomic E-state index is 5.94. The Balaban J connectivity index is 1.43. The first kappa shape index (κ1) is 14.9. The van der Waals surface area contributed by atoms with Crippen LogP contribution in [-0.4, -0.2) is 19.5 Å². The Hall–Kier alpha value is -2.63. The first-order valence-electron chi connectivity index (χ1n) is 8.49. The van der Waals surface area contributed by atoms with Gasteiger partial charge in [0, 0.05) is 17.9 Å². The van der Waals surface area contributed by atoms with Crippen molar-refractivity contribution < 1.29 is 0 Å². The summed E-state index contributed by atoms with van der Waals surface area (Å²) in [6, 6.07) is 8.39. The number of rotatable bonds is 4. The second kappa shape index (κ2) is 6.11. The fraction of sp³-hybridized carbons (Fsp3) is 0.389. The van der Waals surface area contributed by atoms with Crippen molar-refractivity contribution >= 4 is 22.7 Å². The molecule has 6 nitrogen and oxygen atoms in total. The molecule has 0 spiro atoms. The fourth-order valence-corrected chi connectivity index (χ4v) is 3.84. The van der Waals surface area contributed by atoms with Crippen molar-refractivity contribution in [2.24, 2.45) is 5.92 Å². The van der Waals surface area contributed by atoms with Gasteiger partial charge in [-0.2, -0.15) is 0 Å². The number of nitrogens with two attached hydrogens (primary N) is 2. The van der Waals surface area contributed by atoms with Gasteiger partial charge in [-0.15, -0.1) is 0 Å². The van der Waals surface area contributed by atoms with Crippen LogP contribution in [0.3, 0.4) is 0 Å². The average Bonchev–Trinajstić information content (AvgIpc) is 3.20. The number of hydrogen-bond donors (Lipinski definition) is 2. The molecule has 3 aromatic rings. The van der Waals surface area contributed by atoms with E-state index in [0.717, 1.165) is 35.5 Å². The summed E-state index contributed by atoms with van der Waals surface area (Å²) in [6.07, 6.45) is 9.40. The molecule has 0 aliphatic heterocycles. The smallest absolute Gasteiger partial charge is 0.145 e. The molecule has 3 aromatic heterocycles. The molecule has 0 radical (unpaired) electrons. The van der Waals surface area contributed by atoms with E-state index >= 15 is 0 Å². The van der Waals surface area contributed by atoms with Crippen LogP contribution in [-0.2, 0) is 6.42 Å². The molecule has 0 aromatic carbocycles. The molecule has 0 saturated heterocycles. The molecule has 4 N–H and O–H groups in total. The minimum absolute atomic E-state index is 0.496. The zero-order valence-electron chi connectivity index (χ0n) is 13.6. The number of nitrogen functional groups attached to an aromatic ring is 2. The number of pyridine rings is 1. The van der Waals surface area contributed by atoms with E-state index in [1.165, 1.54) is 19.3 Å². The lowest BCUT2D eigenvalue weighted by atomic mass is 10.00. The topological polar surface area (TPSA) is 95.6 Å². The Morgan fingerprint density at radius 3 is 2.92 bits per heavy atom. The number of fused-ring (bicyclic) bond motifs is 1. The minimum atomic E-state index is 0.496. The van der Waals surface area contributed by atoms with Crippen LogP contribution in [0.15, 0.2) is 36.8 Å². The van der Waals surface area contributed by atoms with E-state index < -0.39 is 0 Å². The molecule has 0 bridgehead atoms. The summed E-state index contributed by atoms with van der Waals surface area (Å²) < 4.78 is 2.27. The molecule has 6 heteroatoms. The Bertz CT molecular complexity index is 856. The number of nitrogens with zero attached hydrogens (tertiary/aromatic N) is 4. The van der Waals surface area contributed by atoms with Gasteiger partial charge in [-0.05, 0) is 56.2 Å². The van der Waals surface area contributed by atoms with Gasteiger partial charge in [-0.1, -0.05) is 6.07 Å². The molecule has 1 aliphatic rings. The zero-order chi connectivity index (χ0) is 16.5. The molecule has 24 heavy (non-hydrogen) atoms. The lowest BCUT2D eigenvalue weighted by Crippen LogP contribution is -2.06. The third-order valence-corrected chi connectivity index (χ3v) is 5.08. The van der Waals surface area contributed by atoms with Crippen molar-refractivity contribution in [1.29, 1.82) is 0 Å². The molecule has 2 atom stereocenters. The van der Waals surface area contributed by atoms with Gasteiger partial charge in [0.2, 0.25) is 0 Å². The van der Waals surface area contributed by atoms with Crippen molar-refractivity contribution in [2.45, 2.75) is 38.1 Å². The zero-order valence-corrected chi connectivity index (χ0v) is 13.6. The normalized spacial score (nSPS) is 20.7. The second-order valence-electron chi connectivity index (χ2n) is 6.64. The number of anilines is 2. The molecule has 1 aliphatic carbocycles. The lowest BCUT2D eigenvalue weighted by Gasteiger charge is -2.14. The van der Waals surface area contributed by atoms with Crippen LogP contribution < -0.4 is 11.5 Å². The van der Waals surface area contributed by atoms with Crippen LogP contribution >= 0.6 is 0 Å². The summed E-state index contributed by atoms with van der Waals surface area (Å²) in [6.45, 7) is 0. The Morgan fingerprint density at radius 1 is 1.12 bits per heavy atom. The van der Waals surface area contributed by atoms with E-state index in [0.29, 0.717) is 17.7 Å². The van der Waals surface area contributed by atoms with Gasteiger partial charge in [0.25, 0.3) is 0 Å². The Morgan fingerprint density at radius 2 is 2.04 bits per heavy atom. The Kier molecular flexibility index (Phi) is 3.80. The number of aromatic nitrogens is 4. The van der Waals surface area contributed by atoms with Gasteiger partial charge in [0.05, 0.1) is 5.39 Å². The van der Waals surface area contributed by atoms with Crippen molar-refractivity contribution in [3.05, 3.63) is 42.5 Å². The highest BCUT2D eigenvalue weighted by Gasteiger charge is 2.27. The van der Waals surface area contributed by atoms with Gasteiger partial charge < -0.3 is 16.0 Å². The maximum Gasteiger partial charge on any atom is 0.145 e. The maximum absolute atomic E-state index is 5.94. The predicted octanol–water partition coefficient (Wildman–Crippen LogP) is 2.96. The van der Waals surface area contributed by atoms with Crippen LogP contribution in [0.1, 0.15) is 37.4 Å². The van der Waals surface area contributed by atoms with Crippen LogP contribution in [0, 0.1) is 5.92 Å². The molecular formula is C18H22N6. The van der Waals surface area contributed by atoms with E-state index in [4.69, 9.17) is 11.5 Å². The first-order valence-corrected chi connectivity index (χ1v) is 8.49. The van der Waals surface area contributed by atoms with Crippen molar-refractivity contribution in [3.63, 3.8) is 0 Å². The quantitative estimate of drug-likeness (QED) is 0.770. The third-order valence-electron chi connectivity index (χ3n) is 5.08. The first-order chi connectivity index (χ1) is 11.7. The standard InChI is InChI=1S/C18H22N6/c19-16-3-1-2-13(23-16)6-4-12-5-7-14(10-12)24-9-8-15-17(20)21-11-22-18(15)24/h1-3,8-9,11-12,14H,4-7,10H2,(H2,19,23)(H2,20,21,22). The van der Waals surface area contributed by atoms with E-state index in [2.05, 4.69) is 31.8 Å². The molecule has 4 rings (SSSR count).